The number of hydrogen-bond acceptors (Lipinski definition) is 9. The zero-order chi connectivity index (χ0) is 25.9. The lowest BCUT2D eigenvalue weighted by molar-refractivity contribution is -0.137. The molecule has 10 nitrogen and oxygen atoms in total. The Kier molecular flexibility index (Phi) is 6.08. The van der Waals surface area contributed by atoms with E-state index in [0.29, 0.717) is 24.1 Å². The van der Waals surface area contributed by atoms with Crippen LogP contribution in [0.4, 0.5) is 19.1 Å². The molecule has 5 rings (SSSR count). The molecule has 1 saturated heterocycles. The lowest BCUT2D eigenvalue weighted by Crippen LogP contribution is -2.47. The van der Waals surface area contributed by atoms with Crippen LogP contribution >= 0.6 is 11.3 Å². The summed E-state index contributed by atoms with van der Waals surface area (Å²) in [6.07, 6.45) is 1.67. The largest absolute Gasteiger partial charge is 0.420 e. The first-order valence-electron chi connectivity index (χ1n) is 11.3. The maximum Gasteiger partial charge on any atom is 0.420 e. The number of alkyl halides is 3. The van der Waals surface area contributed by atoms with Gasteiger partial charge in [-0.25, -0.2) is 23.4 Å². The molecule has 1 aliphatic heterocycles. The van der Waals surface area contributed by atoms with E-state index < -0.39 is 27.4 Å². The van der Waals surface area contributed by atoms with Crippen molar-refractivity contribution in [2.24, 2.45) is 13.0 Å². The third kappa shape index (κ3) is 4.71. The Morgan fingerprint density at radius 2 is 1.97 bits per heavy atom. The fraction of sp³-hybridized carbons (Fsp3) is 0.524. The predicted octanol–water partition coefficient (Wildman–Crippen LogP) is 2.85. The van der Waals surface area contributed by atoms with Gasteiger partial charge in [0, 0.05) is 44.8 Å². The van der Waals surface area contributed by atoms with Crippen LogP contribution in [0.2, 0.25) is 0 Å². The molecule has 36 heavy (non-hydrogen) atoms. The number of piperidine rings is 1. The topological polar surface area (TPSA) is 126 Å². The first-order valence-corrected chi connectivity index (χ1v) is 13.5. The van der Waals surface area contributed by atoms with Gasteiger partial charge in [0.1, 0.15) is 26.8 Å². The number of rotatable bonds is 6. The average molecular weight is 544 g/mol. The van der Waals surface area contributed by atoms with E-state index in [1.165, 1.54) is 27.6 Å². The summed E-state index contributed by atoms with van der Waals surface area (Å²) in [5.41, 5.74) is -2.38. The first-order chi connectivity index (χ1) is 16.9. The summed E-state index contributed by atoms with van der Waals surface area (Å²) in [6.45, 7) is 2.30. The van der Waals surface area contributed by atoms with Crippen LogP contribution in [0.25, 0.3) is 10.7 Å². The molecule has 0 amide bonds. The smallest absolute Gasteiger partial charge is 0.384 e. The number of anilines is 1. The zero-order valence-corrected chi connectivity index (χ0v) is 21.0. The summed E-state index contributed by atoms with van der Waals surface area (Å²) in [4.78, 5) is 12.8. The molecule has 3 aromatic rings. The van der Waals surface area contributed by atoms with E-state index in [-0.39, 0.29) is 46.6 Å². The molecule has 2 N–H and O–H groups in total. The number of sulfonamides is 1. The number of aromatic nitrogens is 5. The van der Waals surface area contributed by atoms with Gasteiger partial charge in [-0.1, -0.05) is 6.92 Å². The normalized spacial score (nSPS) is 22.5. The second kappa shape index (κ2) is 8.75. The second-order valence-corrected chi connectivity index (χ2v) is 12.2. The van der Waals surface area contributed by atoms with Crippen LogP contribution < -0.4 is 5.32 Å². The monoisotopic (exact) mass is 543 g/mol. The Bertz CT molecular complexity index is 1390. The molecule has 2 fully saturated rings. The minimum atomic E-state index is -4.69. The molecular formula is C21H24F3N7O3S2. The Balaban J connectivity index is 1.35. The molecule has 4 heterocycles. The van der Waals surface area contributed by atoms with Crippen LogP contribution in [0.5, 0.6) is 0 Å². The molecule has 0 radical (unpaired) electrons. The SMILES string of the molecule is C[C@@H]1CN(S(=O)(=O)c2cnn(C)c2)CC[C@@H]1Nc1ncc(C(F)(F)F)c(-c2ncc(C3(O)CC3)s2)n1. The van der Waals surface area contributed by atoms with Crippen molar-refractivity contribution >= 4 is 27.3 Å². The first kappa shape index (κ1) is 25.0. The van der Waals surface area contributed by atoms with Crippen LogP contribution in [0.1, 0.15) is 36.6 Å². The summed E-state index contributed by atoms with van der Waals surface area (Å²) >= 11 is 0.984. The van der Waals surface area contributed by atoms with Gasteiger partial charge >= 0.3 is 6.18 Å². The highest BCUT2D eigenvalue weighted by Crippen LogP contribution is 2.49. The second-order valence-electron chi connectivity index (χ2n) is 9.24. The van der Waals surface area contributed by atoms with E-state index in [1.54, 1.807) is 7.05 Å². The van der Waals surface area contributed by atoms with Crippen molar-refractivity contribution in [2.45, 2.75) is 48.9 Å². The van der Waals surface area contributed by atoms with Crippen LogP contribution in [0, 0.1) is 5.92 Å². The van der Waals surface area contributed by atoms with Gasteiger partial charge in [-0.05, 0) is 25.2 Å². The molecule has 0 spiro atoms. The van der Waals surface area contributed by atoms with Gasteiger partial charge in [-0.15, -0.1) is 11.3 Å². The highest BCUT2D eigenvalue weighted by Gasteiger charge is 2.44. The van der Waals surface area contributed by atoms with Crippen LogP contribution in [-0.2, 0) is 28.8 Å². The van der Waals surface area contributed by atoms with Gasteiger partial charge in [-0.2, -0.15) is 22.6 Å². The van der Waals surface area contributed by atoms with E-state index in [4.69, 9.17) is 0 Å². The molecule has 0 aromatic carbocycles. The molecule has 0 unspecified atom stereocenters. The highest BCUT2D eigenvalue weighted by molar-refractivity contribution is 7.89. The Morgan fingerprint density at radius 1 is 1.22 bits per heavy atom. The fourth-order valence-electron chi connectivity index (χ4n) is 4.17. The van der Waals surface area contributed by atoms with Crippen molar-refractivity contribution in [1.82, 2.24) is 29.0 Å². The molecule has 2 aliphatic rings. The summed E-state index contributed by atoms with van der Waals surface area (Å²) in [7, 11) is -2.07. The van der Waals surface area contributed by atoms with E-state index in [2.05, 4.69) is 25.4 Å². The van der Waals surface area contributed by atoms with Gasteiger partial charge in [0.2, 0.25) is 16.0 Å². The molecule has 194 valence electrons. The van der Waals surface area contributed by atoms with E-state index in [9.17, 15) is 26.7 Å². The number of nitrogens with zero attached hydrogens (tertiary/aromatic N) is 6. The summed E-state index contributed by atoms with van der Waals surface area (Å²) in [6, 6.07) is -0.256. The predicted molar refractivity (Wildman–Crippen MR) is 124 cm³/mol. The van der Waals surface area contributed by atoms with Crippen molar-refractivity contribution in [1.29, 1.82) is 0 Å². The van der Waals surface area contributed by atoms with Crippen molar-refractivity contribution in [3.63, 3.8) is 0 Å². The number of hydrogen-bond donors (Lipinski definition) is 2. The fourth-order valence-corrected chi connectivity index (χ4v) is 6.78. The van der Waals surface area contributed by atoms with Gasteiger partial charge in [0.05, 0.1) is 11.1 Å². The van der Waals surface area contributed by atoms with Gasteiger partial charge in [-0.3, -0.25) is 4.68 Å². The lowest BCUT2D eigenvalue weighted by Gasteiger charge is -2.36. The summed E-state index contributed by atoms with van der Waals surface area (Å²) < 4.78 is 69.7. The van der Waals surface area contributed by atoms with Crippen molar-refractivity contribution in [2.75, 3.05) is 18.4 Å². The third-order valence-corrected chi connectivity index (χ3v) is 9.50. The van der Waals surface area contributed by atoms with Crippen molar-refractivity contribution in [3.05, 3.63) is 35.2 Å². The quantitative estimate of drug-likeness (QED) is 0.486. The number of halogens is 3. The van der Waals surface area contributed by atoms with Crippen LogP contribution in [-0.4, -0.2) is 61.7 Å². The van der Waals surface area contributed by atoms with Gasteiger partial charge in [0.15, 0.2) is 0 Å². The van der Waals surface area contributed by atoms with E-state index in [1.807, 2.05) is 6.92 Å². The van der Waals surface area contributed by atoms with Gasteiger partial charge < -0.3 is 10.4 Å². The Labute approximate surface area is 209 Å². The van der Waals surface area contributed by atoms with E-state index >= 15 is 0 Å². The van der Waals surface area contributed by atoms with Crippen molar-refractivity contribution in [3.8, 4) is 10.7 Å². The zero-order valence-electron chi connectivity index (χ0n) is 19.4. The highest BCUT2D eigenvalue weighted by atomic mass is 32.2. The standard InChI is InChI=1S/C21H24F3N7O3S2/c1-12-10-31(36(33,34)13-7-27-30(2)11-13)6-3-15(12)28-19-26-8-14(21(22,23)24)17(29-19)18-25-9-16(35-18)20(32)4-5-20/h7-9,11-12,15,32H,3-6,10H2,1-2H3,(H,26,28,29)/t12-,15+/m1/s1. The average Bonchev–Trinajstić information content (AvgIpc) is 3.20. The summed E-state index contributed by atoms with van der Waals surface area (Å²) in [5, 5.41) is 17.4. The van der Waals surface area contributed by atoms with Crippen LogP contribution in [0.3, 0.4) is 0 Å². The lowest BCUT2D eigenvalue weighted by atomic mass is 9.95. The Hall–Kier alpha value is -2.62. The minimum Gasteiger partial charge on any atom is -0.384 e. The number of aliphatic hydroxyl groups is 1. The molecular weight excluding hydrogens is 519 g/mol. The number of thiazole rings is 1. The summed E-state index contributed by atoms with van der Waals surface area (Å²) in [5.74, 6) is -0.171. The number of nitrogens with one attached hydrogen (secondary N) is 1. The number of aryl methyl sites for hydroxylation is 1. The van der Waals surface area contributed by atoms with Crippen molar-refractivity contribution < 1.29 is 26.7 Å². The molecule has 1 saturated carbocycles. The molecule has 3 aromatic heterocycles. The minimum absolute atomic E-state index is 0.000278. The molecule has 0 bridgehead atoms. The maximum absolute atomic E-state index is 13.7. The van der Waals surface area contributed by atoms with Gasteiger partial charge in [0.25, 0.3) is 0 Å². The molecule has 2 atom stereocenters. The maximum atomic E-state index is 13.7. The molecule has 1 aliphatic carbocycles. The molecule has 15 heteroatoms. The third-order valence-electron chi connectivity index (χ3n) is 6.49. The Morgan fingerprint density at radius 3 is 2.58 bits per heavy atom. The van der Waals surface area contributed by atoms with E-state index in [0.717, 1.165) is 17.5 Å². The van der Waals surface area contributed by atoms with Crippen LogP contribution in [0.15, 0.2) is 29.7 Å².